The number of hydrogen-bond donors (Lipinski definition) is 1. The maximum Gasteiger partial charge on any atom is 0.114 e. The van der Waals surface area contributed by atoms with Crippen molar-refractivity contribution in [2.45, 2.75) is 38.1 Å². The second kappa shape index (κ2) is 5.85. The van der Waals surface area contributed by atoms with Gasteiger partial charge in [0, 0.05) is 11.6 Å². The van der Waals surface area contributed by atoms with E-state index in [0.717, 1.165) is 23.9 Å². The molecule has 1 aromatic heterocycles. The molecule has 2 aromatic rings. The summed E-state index contributed by atoms with van der Waals surface area (Å²) in [6.07, 6.45) is 5.76. The van der Waals surface area contributed by atoms with E-state index in [-0.39, 0.29) is 6.04 Å². The molecule has 1 aliphatic carbocycles. The molecule has 0 spiro atoms. The summed E-state index contributed by atoms with van der Waals surface area (Å²) in [5.74, 6) is 0.830. The SMILES string of the molecule is CCCNC(c1ccc(C2CC2)cc1)c1nccs1. The fraction of sp³-hybridized carbons (Fsp3) is 0.438. The molecule has 1 aromatic carbocycles. The summed E-state index contributed by atoms with van der Waals surface area (Å²) in [4.78, 5) is 4.47. The molecule has 0 aliphatic heterocycles. The van der Waals surface area contributed by atoms with Crippen LogP contribution in [0.15, 0.2) is 35.8 Å². The van der Waals surface area contributed by atoms with Gasteiger partial charge in [-0.05, 0) is 42.9 Å². The van der Waals surface area contributed by atoms with Crippen LogP contribution in [0.3, 0.4) is 0 Å². The van der Waals surface area contributed by atoms with Gasteiger partial charge in [-0.2, -0.15) is 0 Å². The maximum absolute atomic E-state index is 4.47. The van der Waals surface area contributed by atoms with E-state index in [1.165, 1.54) is 24.0 Å². The van der Waals surface area contributed by atoms with E-state index in [9.17, 15) is 0 Å². The van der Waals surface area contributed by atoms with Crippen molar-refractivity contribution in [3.63, 3.8) is 0 Å². The lowest BCUT2D eigenvalue weighted by molar-refractivity contribution is 0.596. The van der Waals surface area contributed by atoms with Crippen molar-refractivity contribution in [3.05, 3.63) is 52.0 Å². The van der Waals surface area contributed by atoms with Crippen LogP contribution in [0.5, 0.6) is 0 Å². The quantitative estimate of drug-likeness (QED) is 0.856. The number of nitrogens with one attached hydrogen (secondary N) is 1. The Hall–Kier alpha value is -1.19. The Morgan fingerprint density at radius 2 is 2.11 bits per heavy atom. The van der Waals surface area contributed by atoms with Crippen LogP contribution >= 0.6 is 11.3 Å². The zero-order chi connectivity index (χ0) is 13.1. The summed E-state index contributed by atoms with van der Waals surface area (Å²) < 4.78 is 0. The maximum atomic E-state index is 4.47. The van der Waals surface area contributed by atoms with Crippen LogP contribution in [-0.4, -0.2) is 11.5 Å². The molecule has 0 amide bonds. The average molecular weight is 272 g/mol. The zero-order valence-electron chi connectivity index (χ0n) is 11.3. The average Bonchev–Trinajstić information content (AvgIpc) is 3.16. The van der Waals surface area contributed by atoms with Crippen LogP contribution in [0.25, 0.3) is 0 Å². The largest absolute Gasteiger partial charge is 0.304 e. The van der Waals surface area contributed by atoms with Crippen molar-refractivity contribution in [3.8, 4) is 0 Å². The van der Waals surface area contributed by atoms with Gasteiger partial charge in [0.1, 0.15) is 5.01 Å². The van der Waals surface area contributed by atoms with Crippen molar-refractivity contribution in [1.82, 2.24) is 10.3 Å². The lowest BCUT2D eigenvalue weighted by Gasteiger charge is -2.17. The summed E-state index contributed by atoms with van der Waals surface area (Å²) in [5, 5.41) is 6.81. The van der Waals surface area contributed by atoms with Gasteiger partial charge in [0.05, 0.1) is 6.04 Å². The molecular formula is C16H20N2S. The minimum Gasteiger partial charge on any atom is -0.304 e. The van der Waals surface area contributed by atoms with Crippen LogP contribution in [0.4, 0.5) is 0 Å². The summed E-state index contributed by atoms with van der Waals surface area (Å²) in [6.45, 7) is 3.22. The van der Waals surface area contributed by atoms with Crippen LogP contribution in [0.1, 0.15) is 54.3 Å². The number of thiazole rings is 1. The molecule has 1 heterocycles. The summed E-state index contributed by atoms with van der Waals surface area (Å²) in [7, 11) is 0. The van der Waals surface area contributed by atoms with E-state index in [1.54, 1.807) is 11.3 Å². The van der Waals surface area contributed by atoms with Gasteiger partial charge in [0.25, 0.3) is 0 Å². The first-order valence-corrected chi connectivity index (χ1v) is 7.99. The van der Waals surface area contributed by atoms with Crippen LogP contribution in [0, 0.1) is 0 Å². The van der Waals surface area contributed by atoms with Crippen LogP contribution in [0.2, 0.25) is 0 Å². The van der Waals surface area contributed by atoms with E-state index in [4.69, 9.17) is 0 Å². The number of rotatable bonds is 6. The molecule has 0 bridgehead atoms. The first-order valence-electron chi connectivity index (χ1n) is 7.11. The Balaban J connectivity index is 1.81. The summed E-state index contributed by atoms with van der Waals surface area (Å²) in [5.41, 5.74) is 2.82. The highest BCUT2D eigenvalue weighted by Crippen LogP contribution is 2.40. The Morgan fingerprint density at radius 1 is 1.32 bits per heavy atom. The van der Waals surface area contributed by atoms with Crippen molar-refractivity contribution in [1.29, 1.82) is 0 Å². The number of hydrogen-bond acceptors (Lipinski definition) is 3. The zero-order valence-corrected chi connectivity index (χ0v) is 12.1. The van der Waals surface area contributed by atoms with E-state index < -0.39 is 0 Å². The van der Waals surface area contributed by atoms with Gasteiger partial charge in [-0.3, -0.25) is 0 Å². The van der Waals surface area contributed by atoms with Crippen molar-refractivity contribution >= 4 is 11.3 Å². The third-order valence-electron chi connectivity index (χ3n) is 3.62. The Morgan fingerprint density at radius 3 is 2.68 bits per heavy atom. The van der Waals surface area contributed by atoms with Crippen LogP contribution in [-0.2, 0) is 0 Å². The Labute approximate surface area is 118 Å². The van der Waals surface area contributed by atoms with Gasteiger partial charge in [-0.15, -0.1) is 11.3 Å². The topological polar surface area (TPSA) is 24.9 Å². The fourth-order valence-electron chi connectivity index (χ4n) is 2.39. The Kier molecular flexibility index (Phi) is 3.95. The van der Waals surface area contributed by atoms with E-state index >= 15 is 0 Å². The molecule has 2 nitrogen and oxygen atoms in total. The minimum absolute atomic E-state index is 0.244. The first kappa shape index (κ1) is 12.8. The molecule has 0 saturated heterocycles. The van der Waals surface area contributed by atoms with E-state index in [0.29, 0.717) is 0 Å². The molecule has 19 heavy (non-hydrogen) atoms. The molecule has 0 radical (unpaired) electrons. The molecule has 1 atom stereocenters. The smallest absolute Gasteiger partial charge is 0.114 e. The third kappa shape index (κ3) is 3.04. The summed E-state index contributed by atoms with van der Waals surface area (Å²) >= 11 is 1.73. The lowest BCUT2D eigenvalue weighted by atomic mass is 10.0. The second-order valence-electron chi connectivity index (χ2n) is 5.20. The van der Waals surface area contributed by atoms with E-state index in [2.05, 4.69) is 46.9 Å². The highest BCUT2D eigenvalue weighted by atomic mass is 32.1. The molecule has 100 valence electrons. The highest BCUT2D eigenvalue weighted by molar-refractivity contribution is 7.09. The molecular weight excluding hydrogens is 252 g/mol. The first-order chi connectivity index (χ1) is 9.38. The molecule has 3 heteroatoms. The number of aromatic nitrogens is 1. The van der Waals surface area contributed by atoms with Gasteiger partial charge in [-0.25, -0.2) is 4.98 Å². The molecule has 3 rings (SSSR count). The summed E-state index contributed by atoms with van der Waals surface area (Å²) in [6, 6.07) is 9.36. The standard InChI is InChI=1S/C16H20N2S/c1-2-9-17-15(16-18-10-11-19-16)14-7-5-13(6-8-14)12-3-4-12/h5-8,10-12,15,17H,2-4,9H2,1H3. The third-order valence-corrected chi connectivity index (χ3v) is 4.46. The molecule has 1 N–H and O–H groups in total. The number of benzene rings is 1. The van der Waals surface area contributed by atoms with Crippen molar-refractivity contribution < 1.29 is 0 Å². The van der Waals surface area contributed by atoms with Gasteiger partial charge in [-0.1, -0.05) is 31.2 Å². The second-order valence-corrected chi connectivity index (χ2v) is 6.12. The predicted molar refractivity (Wildman–Crippen MR) is 80.7 cm³/mol. The van der Waals surface area contributed by atoms with E-state index in [1.807, 2.05) is 6.20 Å². The van der Waals surface area contributed by atoms with Gasteiger partial charge < -0.3 is 5.32 Å². The van der Waals surface area contributed by atoms with Gasteiger partial charge >= 0.3 is 0 Å². The Bertz CT molecular complexity index is 500. The minimum atomic E-state index is 0.244. The van der Waals surface area contributed by atoms with Gasteiger partial charge in [0.15, 0.2) is 0 Å². The monoisotopic (exact) mass is 272 g/mol. The predicted octanol–water partition coefficient (Wildman–Crippen LogP) is 4.11. The van der Waals surface area contributed by atoms with Gasteiger partial charge in [0.2, 0.25) is 0 Å². The molecule has 1 saturated carbocycles. The normalized spacial score (nSPS) is 16.5. The molecule has 1 unspecified atom stereocenters. The van der Waals surface area contributed by atoms with Crippen molar-refractivity contribution in [2.24, 2.45) is 0 Å². The highest BCUT2D eigenvalue weighted by Gasteiger charge is 2.23. The van der Waals surface area contributed by atoms with Crippen LogP contribution < -0.4 is 5.32 Å². The molecule has 1 fully saturated rings. The lowest BCUT2D eigenvalue weighted by Crippen LogP contribution is -2.23. The van der Waals surface area contributed by atoms with Crippen molar-refractivity contribution in [2.75, 3.05) is 6.54 Å². The molecule has 1 aliphatic rings. The fourth-order valence-corrected chi connectivity index (χ4v) is 3.13. The number of nitrogens with zero attached hydrogens (tertiary/aromatic N) is 1.